The van der Waals surface area contributed by atoms with Crippen LogP contribution in [0.5, 0.6) is 0 Å². The van der Waals surface area contributed by atoms with Gasteiger partial charge in [0.2, 0.25) is 0 Å². The first-order valence-electron chi connectivity index (χ1n) is 6.60. The molecule has 4 nitrogen and oxygen atoms in total. The van der Waals surface area contributed by atoms with Crippen LogP contribution in [0.4, 0.5) is 11.4 Å². The summed E-state index contributed by atoms with van der Waals surface area (Å²) in [6, 6.07) is 17.4. The Balaban J connectivity index is 1.85. The maximum Gasteiger partial charge on any atom is 0.315 e. The topological polar surface area (TPSA) is 50.4 Å². The maximum atomic E-state index is 11.1. The number of benzene rings is 2. The minimum Gasteiger partial charge on any atom is -0.468 e. The summed E-state index contributed by atoms with van der Waals surface area (Å²) in [5.41, 5.74) is 1.82. The Labute approximate surface area is 139 Å². The van der Waals surface area contributed by atoms with Crippen molar-refractivity contribution >= 4 is 46.4 Å². The van der Waals surface area contributed by atoms with Crippen LogP contribution in [0.25, 0.3) is 0 Å². The number of carbonyl (C=O) groups excluding carboxylic acids is 1. The van der Waals surface area contributed by atoms with Gasteiger partial charge in [0.05, 0.1) is 12.9 Å². The first-order chi connectivity index (χ1) is 10.7. The van der Waals surface area contributed by atoms with E-state index in [0.717, 1.165) is 16.3 Å². The number of thioether (sulfide) groups is 1. The van der Waals surface area contributed by atoms with E-state index in [0.29, 0.717) is 10.9 Å². The van der Waals surface area contributed by atoms with Gasteiger partial charge in [-0.1, -0.05) is 18.2 Å². The summed E-state index contributed by atoms with van der Waals surface area (Å²) in [6.45, 7) is 0. The maximum absolute atomic E-state index is 11.1. The van der Waals surface area contributed by atoms with Crippen LogP contribution in [0.1, 0.15) is 0 Å². The molecule has 0 amide bonds. The molecule has 0 aliphatic heterocycles. The predicted octanol–water partition coefficient (Wildman–Crippen LogP) is 3.76. The van der Waals surface area contributed by atoms with Gasteiger partial charge in [-0.25, -0.2) is 0 Å². The molecule has 0 aliphatic rings. The lowest BCUT2D eigenvalue weighted by Crippen LogP contribution is -2.18. The summed E-state index contributed by atoms with van der Waals surface area (Å²) in [4.78, 5) is 12.1. The van der Waals surface area contributed by atoms with Crippen LogP contribution in [-0.2, 0) is 9.53 Å². The third kappa shape index (κ3) is 5.38. The molecule has 0 spiro atoms. The lowest BCUT2D eigenvalue weighted by Gasteiger charge is -2.10. The monoisotopic (exact) mass is 332 g/mol. The van der Waals surface area contributed by atoms with Crippen molar-refractivity contribution in [2.24, 2.45) is 0 Å². The Morgan fingerprint density at radius 1 is 1.05 bits per heavy atom. The number of ether oxygens (including phenoxy) is 1. The third-order valence-electron chi connectivity index (χ3n) is 2.73. The largest absolute Gasteiger partial charge is 0.468 e. The SMILES string of the molecule is COC(=O)CSc1ccc(NC(=S)Nc2ccccc2)cc1. The van der Waals surface area contributed by atoms with Gasteiger partial charge in [-0.05, 0) is 48.6 Å². The second-order valence-electron chi connectivity index (χ2n) is 4.33. The lowest BCUT2D eigenvalue weighted by atomic mass is 10.3. The van der Waals surface area contributed by atoms with Gasteiger partial charge >= 0.3 is 5.97 Å². The van der Waals surface area contributed by atoms with Crippen LogP contribution in [-0.4, -0.2) is 23.9 Å². The van der Waals surface area contributed by atoms with Crippen molar-refractivity contribution in [1.82, 2.24) is 0 Å². The van der Waals surface area contributed by atoms with E-state index < -0.39 is 0 Å². The molecule has 0 aliphatic carbocycles. The van der Waals surface area contributed by atoms with Gasteiger partial charge in [0.1, 0.15) is 0 Å². The van der Waals surface area contributed by atoms with Crippen LogP contribution in [0.2, 0.25) is 0 Å². The van der Waals surface area contributed by atoms with Crippen molar-refractivity contribution in [2.75, 3.05) is 23.5 Å². The smallest absolute Gasteiger partial charge is 0.315 e. The average Bonchev–Trinajstić information content (AvgIpc) is 2.54. The van der Waals surface area contributed by atoms with E-state index in [1.54, 1.807) is 0 Å². The number of carbonyl (C=O) groups is 1. The van der Waals surface area contributed by atoms with Crippen molar-refractivity contribution in [2.45, 2.75) is 4.90 Å². The van der Waals surface area contributed by atoms with Crippen LogP contribution in [0.15, 0.2) is 59.5 Å². The van der Waals surface area contributed by atoms with Crippen molar-refractivity contribution in [3.05, 3.63) is 54.6 Å². The van der Waals surface area contributed by atoms with E-state index in [4.69, 9.17) is 12.2 Å². The molecule has 0 radical (unpaired) electrons. The normalized spacial score (nSPS) is 9.86. The molecule has 2 N–H and O–H groups in total. The second kappa shape index (κ2) is 8.41. The Morgan fingerprint density at radius 2 is 1.64 bits per heavy atom. The fourth-order valence-electron chi connectivity index (χ4n) is 1.65. The molecular weight excluding hydrogens is 316 g/mol. The molecule has 2 rings (SSSR count). The summed E-state index contributed by atoms with van der Waals surface area (Å²) in [5, 5.41) is 6.75. The van der Waals surface area contributed by atoms with E-state index in [1.165, 1.54) is 18.9 Å². The fraction of sp³-hybridized carbons (Fsp3) is 0.125. The third-order valence-corrected chi connectivity index (χ3v) is 3.92. The molecule has 0 fully saturated rings. The molecule has 0 unspecified atom stereocenters. The highest BCUT2D eigenvalue weighted by Crippen LogP contribution is 2.20. The molecular formula is C16H16N2O2S2. The highest BCUT2D eigenvalue weighted by molar-refractivity contribution is 8.00. The van der Waals surface area contributed by atoms with Crippen molar-refractivity contribution in [3.63, 3.8) is 0 Å². The zero-order valence-electron chi connectivity index (χ0n) is 12.0. The second-order valence-corrected chi connectivity index (χ2v) is 5.79. The van der Waals surface area contributed by atoms with Crippen LogP contribution in [0, 0.1) is 0 Å². The van der Waals surface area contributed by atoms with Gasteiger partial charge in [-0.2, -0.15) is 0 Å². The van der Waals surface area contributed by atoms with E-state index in [9.17, 15) is 4.79 Å². The van der Waals surface area contributed by atoms with E-state index in [2.05, 4.69) is 15.4 Å². The van der Waals surface area contributed by atoms with Crippen LogP contribution >= 0.6 is 24.0 Å². The van der Waals surface area contributed by atoms with Crippen LogP contribution in [0.3, 0.4) is 0 Å². The molecule has 22 heavy (non-hydrogen) atoms. The van der Waals surface area contributed by atoms with Crippen LogP contribution < -0.4 is 10.6 Å². The first-order valence-corrected chi connectivity index (χ1v) is 7.99. The zero-order chi connectivity index (χ0) is 15.8. The number of methoxy groups -OCH3 is 1. The van der Waals surface area contributed by atoms with Gasteiger partial charge in [-0.3, -0.25) is 4.79 Å². The van der Waals surface area contributed by atoms with E-state index in [-0.39, 0.29) is 5.97 Å². The van der Waals surface area contributed by atoms with Crippen molar-refractivity contribution < 1.29 is 9.53 Å². The molecule has 6 heteroatoms. The summed E-state index contributed by atoms with van der Waals surface area (Å²) in [5.74, 6) is 0.0671. The number of hydrogen-bond acceptors (Lipinski definition) is 4. The highest BCUT2D eigenvalue weighted by atomic mass is 32.2. The van der Waals surface area contributed by atoms with Gasteiger partial charge in [0.15, 0.2) is 5.11 Å². The standard InChI is InChI=1S/C16H16N2O2S2/c1-20-15(19)11-22-14-9-7-13(8-10-14)18-16(21)17-12-5-3-2-4-6-12/h2-10H,11H2,1H3,(H2,17,18,21). The van der Waals surface area contributed by atoms with Gasteiger partial charge < -0.3 is 15.4 Å². The average molecular weight is 332 g/mol. The molecule has 0 saturated carbocycles. The summed E-state index contributed by atoms with van der Waals surface area (Å²) >= 11 is 6.70. The van der Waals surface area contributed by atoms with Crippen molar-refractivity contribution in [1.29, 1.82) is 0 Å². The number of hydrogen-bond donors (Lipinski definition) is 2. The summed E-state index contributed by atoms with van der Waals surface area (Å²) in [7, 11) is 1.39. The summed E-state index contributed by atoms with van der Waals surface area (Å²) in [6.07, 6.45) is 0. The molecule has 2 aromatic carbocycles. The fourth-order valence-corrected chi connectivity index (χ4v) is 2.62. The Hall–Kier alpha value is -2.05. The minimum atomic E-state index is -0.236. The predicted molar refractivity (Wildman–Crippen MR) is 95.5 cm³/mol. The van der Waals surface area contributed by atoms with E-state index in [1.807, 2.05) is 54.6 Å². The number of thiocarbonyl (C=S) groups is 1. The number of anilines is 2. The number of rotatable bonds is 5. The Kier molecular flexibility index (Phi) is 6.24. The molecule has 114 valence electrons. The molecule has 0 atom stereocenters. The molecule has 0 heterocycles. The van der Waals surface area contributed by atoms with Crippen molar-refractivity contribution in [3.8, 4) is 0 Å². The molecule has 0 bridgehead atoms. The number of esters is 1. The number of nitrogens with one attached hydrogen (secondary N) is 2. The van der Waals surface area contributed by atoms with E-state index >= 15 is 0 Å². The summed E-state index contributed by atoms with van der Waals surface area (Å²) < 4.78 is 4.61. The Morgan fingerprint density at radius 3 is 2.23 bits per heavy atom. The van der Waals surface area contributed by atoms with Gasteiger partial charge in [0, 0.05) is 16.3 Å². The minimum absolute atomic E-state index is 0.236. The van der Waals surface area contributed by atoms with Gasteiger partial charge in [0.25, 0.3) is 0 Å². The highest BCUT2D eigenvalue weighted by Gasteiger charge is 2.03. The Bertz CT molecular complexity index is 630. The molecule has 0 saturated heterocycles. The first kappa shape index (κ1) is 16.3. The molecule has 2 aromatic rings. The quantitative estimate of drug-likeness (QED) is 0.494. The molecule has 0 aromatic heterocycles. The van der Waals surface area contributed by atoms with Gasteiger partial charge in [-0.15, -0.1) is 11.8 Å². The lowest BCUT2D eigenvalue weighted by molar-refractivity contribution is -0.137. The zero-order valence-corrected chi connectivity index (χ0v) is 13.7. The number of para-hydroxylation sites is 1.